The minimum Gasteiger partial charge on any atom is -0.423 e. The Morgan fingerprint density at radius 2 is 0.952 bits per heavy atom. The fourth-order valence-electron chi connectivity index (χ4n) is 5.34. The van der Waals surface area contributed by atoms with E-state index < -0.39 is 11.9 Å². The van der Waals surface area contributed by atoms with Crippen LogP contribution >= 0.6 is 0 Å². The Morgan fingerprint density at radius 3 is 1.31 bits per heavy atom. The molecule has 42 heavy (non-hydrogen) atoms. The lowest BCUT2D eigenvalue weighted by atomic mass is 9.94. The zero-order valence-corrected chi connectivity index (χ0v) is 24.6. The maximum absolute atomic E-state index is 12.0. The summed E-state index contributed by atoms with van der Waals surface area (Å²) < 4.78 is 10.9. The second-order valence-electron chi connectivity index (χ2n) is 10.7. The van der Waals surface area contributed by atoms with E-state index in [-0.39, 0.29) is 0 Å². The number of aryl methyl sites for hydroxylation is 2. The molecule has 5 rings (SSSR count). The maximum atomic E-state index is 12.0. The Kier molecular flexibility index (Phi) is 7.82. The molecule has 0 N–H and O–H groups in total. The molecular formula is C38H34O4. The summed E-state index contributed by atoms with van der Waals surface area (Å²) in [6, 6.07) is 24.5. The summed E-state index contributed by atoms with van der Waals surface area (Å²) in [5, 5.41) is 0. The molecule has 0 fully saturated rings. The van der Waals surface area contributed by atoms with Gasteiger partial charge in [-0.3, -0.25) is 0 Å². The van der Waals surface area contributed by atoms with Crippen molar-refractivity contribution in [3.05, 3.63) is 126 Å². The average molecular weight is 555 g/mol. The van der Waals surface area contributed by atoms with Gasteiger partial charge in [-0.25, -0.2) is 9.59 Å². The van der Waals surface area contributed by atoms with Crippen LogP contribution in [0.4, 0.5) is 0 Å². The molecule has 0 amide bonds. The number of benzene rings is 4. The van der Waals surface area contributed by atoms with E-state index in [4.69, 9.17) is 9.47 Å². The third kappa shape index (κ3) is 5.36. The van der Waals surface area contributed by atoms with E-state index in [1.165, 1.54) is 0 Å². The van der Waals surface area contributed by atoms with Gasteiger partial charge in [0.1, 0.15) is 11.5 Å². The van der Waals surface area contributed by atoms with Crippen molar-refractivity contribution in [1.82, 2.24) is 0 Å². The van der Waals surface area contributed by atoms with Crippen molar-refractivity contribution >= 4 is 17.5 Å². The normalized spacial score (nSPS) is 11.5. The zero-order chi connectivity index (χ0) is 30.1. The van der Waals surface area contributed by atoms with Gasteiger partial charge in [-0.2, -0.15) is 0 Å². The number of carbonyl (C=O) groups excluding carboxylic acids is 2. The molecule has 0 radical (unpaired) electrons. The fraction of sp³-hybridized carbons (Fsp3) is 0.158. The monoisotopic (exact) mass is 554 g/mol. The number of rotatable bonds is 8. The molecular weight excluding hydrogens is 520 g/mol. The van der Waals surface area contributed by atoms with E-state index in [0.29, 0.717) is 22.6 Å². The molecule has 1 aliphatic carbocycles. The van der Waals surface area contributed by atoms with Crippen LogP contribution in [0.1, 0.15) is 49.9 Å². The summed E-state index contributed by atoms with van der Waals surface area (Å²) in [5.41, 5.74) is 12.8. The standard InChI is InChI=1S/C38H34O4/c1-8-25-18-29(41-37(39)22(3)4)12-16-31(25)27-10-14-33-34-15-11-28(21-36(34)24(7)35(33)20-27)32-17-13-30(19-26(32)9-2)42-38(40)23(5)6/h10-21H,3,5,7-9H2,1-2,4,6H3. The van der Waals surface area contributed by atoms with Gasteiger partial charge in [0, 0.05) is 11.1 Å². The highest BCUT2D eigenvalue weighted by Crippen LogP contribution is 2.46. The lowest BCUT2D eigenvalue weighted by Gasteiger charge is -2.13. The number of hydrogen-bond donors (Lipinski definition) is 0. The molecule has 4 aromatic carbocycles. The number of fused-ring (bicyclic) bond motifs is 3. The van der Waals surface area contributed by atoms with Gasteiger partial charge in [0.2, 0.25) is 0 Å². The molecule has 210 valence electrons. The summed E-state index contributed by atoms with van der Waals surface area (Å²) >= 11 is 0. The highest BCUT2D eigenvalue weighted by molar-refractivity contribution is 6.02. The van der Waals surface area contributed by atoms with E-state index in [9.17, 15) is 9.59 Å². The third-order valence-corrected chi connectivity index (χ3v) is 7.63. The SMILES string of the molecule is C=C(C)C(=O)Oc1ccc(-c2ccc3c(c2)C(=C)c2cc(-c4ccc(OC(=O)C(=C)C)cc4CC)ccc2-3)c(CC)c1. The van der Waals surface area contributed by atoms with E-state index in [0.717, 1.165) is 74.0 Å². The fourth-order valence-corrected chi connectivity index (χ4v) is 5.34. The van der Waals surface area contributed by atoms with E-state index >= 15 is 0 Å². The van der Waals surface area contributed by atoms with Crippen LogP contribution in [-0.4, -0.2) is 11.9 Å². The average Bonchev–Trinajstić information content (AvgIpc) is 3.27. The van der Waals surface area contributed by atoms with Crippen molar-refractivity contribution < 1.29 is 19.1 Å². The first-order chi connectivity index (χ1) is 20.1. The van der Waals surface area contributed by atoms with E-state index in [1.807, 2.05) is 36.4 Å². The van der Waals surface area contributed by atoms with E-state index in [1.54, 1.807) is 13.8 Å². The Balaban J connectivity index is 1.46. The quantitative estimate of drug-likeness (QED) is 0.109. The molecule has 1 aliphatic rings. The second kappa shape index (κ2) is 11.5. The second-order valence-corrected chi connectivity index (χ2v) is 10.7. The van der Waals surface area contributed by atoms with Gasteiger partial charge in [0.15, 0.2) is 0 Å². The van der Waals surface area contributed by atoms with Gasteiger partial charge in [-0.15, -0.1) is 0 Å². The van der Waals surface area contributed by atoms with Crippen molar-refractivity contribution in [3.63, 3.8) is 0 Å². The Bertz CT molecular complexity index is 1670. The Morgan fingerprint density at radius 1 is 0.571 bits per heavy atom. The van der Waals surface area contributed by atoms with Gasteiger partial charge >= 0.3 is 11.9 Å². The van der Waals surface area contributed by atoms with Crippen molar-refractivity contribution in [1.29, 1.82) is 0 Å². The number of ether oxygens (including phenoxy) is 2. The summed E-state index contributed by atoms with van der Waals surface area (Å²) in [6.45, 7) is 19.3. The van der Waals surface area contributed by atoms with Crippen molar-refractivity contribution in [2.45, 2.75) is 40.5 Å². The third-order valence-electron chi connectivity index (χ3n) is 7.63. The molecule has 0 heterocycles. The highest BCUT2D eigenvalue weighted by Gasteiger charge is 2.24. The van der Waals surface area contributed by atoms with E-state index in [2.05, 4.69) is 70.0 Å². The maximum Gasteiger partial charge on any atom is 0.338 e. The molecule has 0 saturated carbocycles. The van der Waals surface area contributed by atoms with Crippen molar-refractivity contribution in [3.8, 4) is 44.9 Å². The summed E-state index contributed by atoms with van der Waals surface area (Å²) in [7, 11) is 0. The zero-order valence-electron chi connectivity index (χ0n) is 24.6. The largest absolute Gasteiger partial charge is 0.423 e. The number of esters is 2. The van der Waals surface area contributed by atoms with Crippen LogP contribution in [0.25, 0.3) is 39.0 Å². The number of carbonyl (C=O) groups is 2. The van der Waals surface area contributed by atoms with Crippen molar-refractivity contribution in [2.24, 2.45) is 0 Å². The molecule has 0 saturated heterocycles. The first-order valence-electron chi connectivity index (χ1n) is 14.1. The van der Waals surface area contributed by atoms with Crippen LogP contribution in [-0.2, 0) is 22.4 Å². The highest BCUT2D eigenvalue weighted by atomic mass is 16.5. The number of hydrogen-bond acceptors (Lipinski definition) is 4. The van der Waals surface area contributed by atoms with Gasteiger partial charge in [0.05, 0.1) is 0 Å². The van der Waals surface area contributed by atoms with Crippen LogP contribution in [0, 0.1) is 0 Å². The molecule has 4 heteroatoms. The smallest absolute Gasteiger partial charge is 0.338 e. The topological polar surface area (TPSA) is 52.6 Å². The minimum absolute atomic E-state index is 0.365. The van der Waals surface area contributed by atoms with Crippen LogP contribution in [0.5, 0.6) is 11.5 Å². The first kappa shape index (κ1) is 28.6. The molecule has 0 unspecified atom stereocenters. The summed E-state index contributed by atoms with van der Waals surface area (Å²) in [4.78, 5) is 24.0. The van der Waals surface area contributed by atoms with Crippen molar-refractivity contribution in [2.75, 3.05) is 0 Å². The summed E-state index contributed by atoms with van der Waals surface area (Å²) in [6.07, 6.45) is 1.58. The van der Waals surface area contributed by atoms with Gasteiger partial charge in [0.25, 0.3) is 0 Å². The molecule has 4 nitrogen and oxygen atoms in total. The lowest BCUT2D eigenvalue weighted by molar-refractivity contribution is -0.130. The van der Waals surface area contributed by atoms with Crippen LogP contribution in [0.3, 0.4) is 0 Å². The molecule has 0 aliphatic heterocycles. The minimum atomic E-state index is -0.427. The van der Waals surface area contributed by atoms with Gasteiger partial charge in [-0.1, -0.05) is 70.0 Å². The molecule has 0 atom stereocenters. The van der Waals surface area contributed by atoms with Gasteiger partial charge < -0.3 is 9.47 Å². The Hall–Kier alpha value is -4.96. The van der Waals surface area contributed by atoms with Gasteiger partial charge in [-0.05, 0) is 124 Å². The predicted molar refractivity (Wildman–Crippen MR) is 171 cm³/mol. The first-order valence-corrected chi connectivity index (χ1v) is 14.1. The van der Waals surface area contributed by atoms with Crippen LogP contribution < -0.4 is 9.47 Å². The predicted octanol–water partition coefficient (Wildman–Crippen LogP) is 9.15. The molecule has 0 aromatic heterocycles. The molecule has 4 aromatic rings. The Labute approximate surface area is 247 Å². The summed E-state index contributed by atoms with van der Waals surface area (Å²) in [5.74, 6) is 0.179. The molecule has 0 spiro atoms. The van der Waals surface area contributed by atoms with Crippen LogP contribution in [0.2, 0.25) is 0 Å². The molecule has 0 bridgehead atoms. The lowest BCUT2D eigenvalue weighted by Crippen LogP contribution is -2.08. The van der Waals surface area contributed by atoms with Crippen LogP contribution in [0.15, 0.2) is 104 Å².